The van der Waals surface area contributed by atoms with Gasteiger partial charge in [0.2, 0.25) is 11.8 Å². The van der Waals surface area contributed by atoms with E-state index in [2.05, 4.69) is 10.6 Å². The number of hydrogen-bond acceptors (Lipinski definition) is 6. The van der Waals surface area contributed by atoms with Gasteiger partial charge in [0.25, 0.3) is 0 Å². The van der Waals surface area contributed by atoms with Crippen molar-refractivity contribution >= 4 is 46.9 Å². The van der Waals surface area contributed by atoms with Crippen LogP contribution in [0.3, 0.4) is 0 Å². The molecular formula is C25H28N2O6S. The van der Waals surface area contributed by atoms with E-state index in [1.807, 2.05) is 19.9 Å². The molecule has 8 nitrogen and oxygen atoms in total. The molecule has 0 fully saturated rings. The first kappa shape index (κ1) is 26.7. The van der Waals surface area contributed by atoms with E-state index in [4.69, 9.17) is 9.84 Å². The molecule has 180 valence electrons. The van der Waals surface area contributed by atoms with Gasteiger partial charge in [-0.05, 0) is 55.3 Å². The average molecular weight is 485 g/mol. The number of esters is 1. The van der Waals surface area contributed by atoms with Crippen LogP contribution in [-0.4, -0.2) is 40.7 Å². The molecule has 34 heavy (non-hydrogen) atoms. The quantitative estimate of drug-likeness (QED) is 0.172. The summed E-state index contributed by atoms with van der Waals surface area (Å²) >= 11 is 1.35. The van der Waals surface area contributed by atoms with Crippen LogP contribution in [0.2, 0.25) is 0 Å². The predicted molar refractivity (Wildman–Crippen MR) is 132 cm³/mol. The number of ether oxygens (including phenoxy) is 1. The van der Waals surface area contributed by atoms with Crippen molar-refractivity contribution in [1.82, 2.24) is 0 Å². The minimum absolute atomic E-state index is 0.190. The van der Waals surface area contributed by atoms with E-state index in [0.29, 0.717) is 30.0 Å². The molecule has 0 aliphatic rings. The predicted octanol–water partition coefficient (Wildman–Crippen LogP) is 4.73. The van der Waals surface area contributed by atoms with Crippen molar-refractivity contribution in [2.24, 2.45) is 0 Å². The van der Waals surface area contributed by atoms with Gasteiger partial charge in [0.1, 0.15) is 0 Å². The largest absolute Gasteiger partial charge is 0.478 e. The number of anilines is 2. The molecular weight excluding hydrogens is 456 g/mol. The summed E-state index contributed by atoms with van der Waals surface area (Å²) in [4.78, 5) is 47.9. The van der Waals surface area contributed by atoms with Gasteiger partial charge in [0.15, 0.2) is 0 Å². The van der Waals surface area contributed by atoms with E-state index >= 15 is 0 Å². The van der Waals surface area contributed by atoms with E-state index in [0.717, 1.165) is 29.9 Å². The van der Waals surface area contributed by atoms with Crippen molar-refractivity contribution in [3.8, 4) is 0 Å². The van der Waals surface area contributed by atoms with Gasteiger partial charge in [0, 0.05) is 28.4 Å². The number of aliphatic carboxylic acids is 1. The third-order valence-electron chi connectivity index (χ3n) is 4.54. The van der Waals surface area contributed by atoms with E-state index < -0.39 is 23.1 Å². The minimum Gasteiger partial charge on any atom is -0.478 e. The van der Waals surface area contributed by atoms with Crippen LogP contribution in [0.5, 0.6) is 0 Å². The van der Waals surface area contributed by atoms with Crippen molar-refractivity contribution in [2.75, 3.05) is 17.2 Å². The first-order valence-corrected chi connectivity index (χ1v) is 11.8. The van der Waals surface area contributed by atoms with Crippen LogP contribution in [0.4, 0.5) is 11.4 Å². The van der Waals surface area contributed by atoms with E-state index in [1.165, 1.54) is 11.8 Å². The molecule has 0 spiro atoms. The Balaban J connectivity index is 1.96. The van der Waals surface area contributed by atoms with Gasteiger partial charge < -0.3 is 20.5 Å². The van der Waals surface area contributed by atoms with Crippen molar-refractivity contribution < 1.29 is 29.0 Å². The Morgan fingerprint density at radius 1 is 1.00 bits per heavy atom. The van der Waals surface area contributed by atoms with Crippen LogP contribution in [0, 0.1) is 0 Å². The number of amides is 2. The lowest BCUT2D eigenvalue weighted by Crippen LogP contribution is -2.24. The summed E-state index contributed by atoms with van der Waals surface area (Å²) in [5.74, 6) is -2.35. The van der Waals surface area contributed by atoms with Gasteiger partial charge in [0.05, 0.1) is 17.4 Å². The zero-order valence-corrected chi connectivity index (χ0v) is 19.9. The summed E-state index contributed by atoms with van der Waals surface area (Å²) in [6, 6.07) is 13.5. The van der Waals surface area contributed by atoms with Gasteiger partial charge in [-0.3, -0.25) is 9.59 Å². The zero-order chi connectivity index (χ0) is 24.9. The first-order valence-electron chi connectivity index (χ1n) is 10.9. The molecule has 1 unspecified atom stereocenters. The minimum atomic E-state index is -1.21. The maximum Gasteiger partial charge on any atom is 0.338 e. The van der Waals surface area contributed by atoms with Gasteiger partial charge in [-0.15, -0.1) is 11.8 Å². The Morgan fingerprint density at radius 2 is 1.74 bits per heavy atom. The average Bonchev–Trinajstić information content (AvgIpc) is 2.82. The summed E-state index contributed by atoms with van der Waals surface area (Å²) < 4.78 is 5.18. The standard InChI is InChI=1S/C25H28N2O6S/c1-3-5-15-33-25(32)17-9-11-18(12-10-17)27-24(31)21(4-2)34-20-8-6-7-19(16-20)26-22(28)13-14-23(29)30/h6-14,16,21H,3-5,15H2,1-2H3,(H,26,28)(H,27,31)(H,29,30)/b14-13+. The molecule has 3 N–H and O–H groups in total. The van der Waals surface area contributed by atoms with Gasteiger partial charge in [-0.25, -0.2) is 9.59 Å². The molecule has 0 bridgehead atoms. The van der Waals surface area contributed by atoms with Crippen LogP contribution in [0.25, 0.3) is 0 Å². The second-order valence-corrected chi connectivity index (χ2v) is 8.54. The highest BCUT2D eigenvalue weighted by Gasteiger charge is 2.19. The van der Waals surface area contributed by atoms with Crippen LogP contribution in [0.1, 0.15) is 43.5 Å². The Morgan fingerprint density at radius 3 is 2.38 bits per heavy atom. The van der Waals surface area contributed by atoms with Crippen molar-refractivity contribution in [3.63, 3.8) is 0 Å². The third kappa shape index (κ3) is 9.11. The maximum absolute atomic E-state index is 12.8. The number of benzene rings is 2. The number of carbonyl (C=O) groups excluding carboxylic acids is 3. The molecule has 1 atom stereocenters. The normalized spacial score (nSPS) is 11.6. The summed E-state index contributed by atoms with van der Waals surface area (Å²) in [5.41, 5.74) is 1.48. The fraction of sp³-hybridized carbons (Fsp3) is 0.280. The second-order valence-electron chi connectivity index (χ2n) is 7.26. The van der Waals surface area contributed by atoms with E-state index in [-0.39, 0.29) is 5.91 Å². The van der Waals surface area contributed by atoms with Crippen molar-refractivity contribution in [3.05, 3.63) is 66.2 Å². The zero-order valence-electron chi connectivity index (χ0n) is 19.1. The molecule has 9 heteroatoms. The third-order valence-corrected chi connectivity index (χ3v) is 5.90. The number of carboxylic acid groups (broad SMARTS) is 1. The molecule has 2 amide bonds. The molecule has 2 aromatic carbocycles. The number of carboxylic acids is 1. The first-order chi connectivity index (χ1) is 16.3. The van der Waals surface area contributed by atoms with Crippen molar-refractivity contribution in [2.45, 2.75) is 43.3 Å². The molecule has 0 aliphatic carbocycles. The fourth-order valence-electron chi connectivity index (χ4n) is 2.77. The van der Waals surface area contributed by atoms with E-state index in [9.17, 15) is 19.2 Å². The lowest BCUT2D eigenvalue weighted by Gasteiger charge is -2.15. The molecule has 0 aliphatic heterocycles. The Bertz CT molecular complexity index is 1040. The maximum atomic E-state index is 12.8. The van der Waals surface area contributed by atoms with E-state index in [1.54, 1.807) is 42.5 Å². The summed E-state index contributed by atoms with van der Waals surface area (Å²) in [6.07, 6.45) is 4.01. The number of carbonyl (C=O) groups is 4. The van der Waals surface area contributed by atoms with Gasteiger partial charge >= 0.3 is 11.9 Å². The summed E-state index contributed by atoms with van der Waals surface area (Å²) in [7, 11) is 0. The monoisotopic (exact) mass is 484 g/mol. The number of hydrogen-bond donors (Lipinski definition) is 3. The molecule has 2 aromatic rings. The molecule has 2 rings (SSSR count). The van der Waals surface area contributed by atoms with Crippen molar-refractivity contribution in [1.29, 1.82) is 0 Å². The molecule has 0 heterocycles. The molecule has 0 saturated carbocycles. The van der Waals surface area contributed by atoms with Crippen LogP contribution >= 0.6 is 11.8 Å². The SMILES string of the molecule is CCCCOC(=O)c1ccc(NC(=O)C(CC)Sc2cccc(NC(=O)/C=C/C(=O)O)c2)cc1. The summed E-state index contributed by atoms with van der Waals surface area (Å²) in [5, 5.41) is 13.7. The lowest BCUT2D eigenvalue weighted by molar-refractivity contribution is -0.131. The second kappa shape index (κ2) is 13.8. The number of thioether (sulfide) groups is 1. The Kier molecular flexibility index (Phi) is 10.9. The number of rotatable bonds is 12. The molecule has 0 saturated heterocycles. The Hall–Kier alpha value is -3.59. The fourth-order valence-corrected chi connectivity index (χ4v) is 3.78. The lowest BCUT2D eigenvalue weighted by atomic mass is 10.2. The topological polar surface area (TPSA) is 122 Å². The van der Waals surface area contributed by atoms with Gasteiger partial charge in [-0.1, -0.05) is 26.3 Å². The highest BCUT2D eigenvalue weighted by Crippen LogP contribution is 2.28. The Labute approximate surface area is 202 Å². The molecule has 0 aromatic heterocycles. The smallest absolute Gasteiger partial charge is 0.338 e. The summed E-state index contributed by atoms with van der Waals surface area (Å²) in [6.45, 7) is 4.30. The van der Waals surface area contributed by atoms with Crippen LogP contribution in [-0.2, 0) is 19.1 Å². The molecule has 0 radical (unpaired) electrons. The number of nitrogens with one attached hydrogen (secondary N) is 2. The van der Waals surface area contributed by atoms with Crippen LogP contribution in [0.15, 0.2) is 65.6 Å². The van der Waals surface area contributed by atoms with Gasteiger partial charge in [-0.2, -0.15) is 0 Å². The highest BCUT2D eigenvalue weighted by atomic mass is 32.2. The van der Waals surface area contributed by atoms with Crippen LogP contribution < -0.4 is 10.6 Å². The highest BCUT2D eigenvalue weighted by molar-refractivity contribution is 8.00. The number of unbranched alkanes of at least 4 members (excludes halogenated alkanes) is 1.